The Morgan fingerprint density at radius 3 is 2.50 bits per heavy atom. The predicted molar refractivity (Wildman–Crippen MR) is 108 cm³/mol. The Kier molecular flexibility index (Phi) is 3.70. The third-order valence-corrected chi connectivity index (χ3v) is 5.26. The van der Waals surface area contributed by atoms with E-state index in [0.717, 1.165) is 16.2 Å². The minimum atomic E-state index is 0.00466. The fourth-order valence-electron chi connectivity index (χ4n) is 3.78. The van der Waals surface area contributed by atoms with Gasteiger partial charge in [0.05, 0.1) is 6.04 Å². The number of aromatic nitrogens is 1. The first-order valence-corrected chi connectivity index (χ1v) is 9.10. The second kappa shape index (κ2) is 6.20. The highest BCUT2D eigenvalue weighted by atomic mass is 35.5. The SMILES string of the molecule is Clc1ccc2c(c1)[C@H](c1ccccc1)N[C@H](c1c[nH]c3ccccc13)N2. The van der Waals surface area contributed by atoms with Crippen molar-refractivity contribution in [3.8, 4) is 0 Å². The minimum Gasteiger partial charge on any atom is -0.366 e. The summed E-state index contributed by atoms with van der Waals surface area (Å²) in [6.45, 7) is 0. The molecule has 3 nitrogen and oxygen atoms in total. The first kappa shape index (κ1) is 15.5. The first-order chi connectivity index (χ1) is 12.8. The van der Waals surface area contributed by atoms with Crippen LogP contribution in [0.3, 0.4) is 0 Å². The molecule has 0 bridgehead atoms. The molecule has 0 spiro atoms. The highest BCUT2D eigenvalue weighted by molar-refractivity contribution is 6.30. The molecule has 1 aliphatic heterocycles. The topological polar surface area (TPSA) is 39.9 Å². The lowest BCUT2D eigenvalue weighted by molar-refractivity contribution is 0.508. The van der Waals surface area contributed by atoms with E-state index in [1.54, 1.807) is 0 Å². The number of aromatic amines is 1. The average molecular weight is 360 g/mol. The summed E-state index contributed by atoms with van der Waals surface area (Å²) in [5.74, 6) is 0. The maximum Gasteiger partial charge on any atom is 0.106 e. The lowest BCUT2D eigenvalue weighted by Crippen LogP contribution is -2.37. The number of nitrogens with one attached hydrogen (secondary N) is 3. The van der Waals surface area contributed by atoms with Crippen molar-refractivity contribution in [2.45, 2.75) is 12.2 Å². The van der Waals surface area contributed by atoms with Crippen LogP contribution in [0.5, 0.6) is 0 Å². The largest absolute Gasteiger partial charge is 0.366 e. The number of para-hydroxylation sites is 1. The van der Waals surface area contributed by atoms with Crippen molar-refractivity contribution in [1.82, 2.24) is 10.3 Å². The van der Waals surface area contributed by atoms with Crippen LogP contribution in [-0.4, -0.2) is 4.98 Å². The first-order valence-electron chi connectivity index (χ1n) is 8.72. The Bertz CT molecular complexity index is 1070. The molecule has 0 aliphatic carbocycles. The van der Waals surface area contributed by atoms with Crippen LogP contribution in [0.2, 0.25) is 5.02 Å². The van der Waals surface area contributed by atoms with Gasteiger partial charge in [0.2, 0.25) is 0 Å². The van der Waals surface area contributed by atoms with Crippen LogP contribution >= 0.6 is 11.6 Å². The second-order valence-electron chi connectivity index (χ2n) is 6.61. The Hall–Kier alpha value is -2.75. The maximum atomic E-state index is 6.28. The van der Waals surface area contributed by atoms with Gasteiger partial charge in [0, 0.05) is 33.4 Å². The van der Waals surface area contributed by atoms with Crippen molar-refractivity contribution >= 4 is 28.2 Å². The zero-order valence-corrected chi connectivity index (χ0v) is 14.8. The van der Waals surface area contributed by atoms with Gasteiger partial charge in [-0.3, -0.25) is 5.32 Å². The van der Waals surface area contributed by atoms with Crippen LogP contribution in [-0.2, 0) is 0 Å². The number of benzene rings is 3. The van der Waals surface area contributed by atoms with Crippen LogP contribution in [0.15, 0.2) is 79.0 Å². The summed E-state index contributed by atoms with van der Waals surface area (Å²) >= 11 is 6.28. The van der Waals surface area contributed by atoms with Crippen molar-refractivity contribution in [1.29, 1.82) is 0 Å². The van der Waals surface area contributed by atoms with E-state index in [-0.39, 0.29) is 12.2 Å². The van der Waals surface area contributed by atoms with Gasteiger partial charge < -0.3 is 10.3 Å². The molecule has 0 radical (unpaired) electrons. The summed E-state index contributed by atoms with van der Waals surface area (Å²) in [7, 11) is 0. The van der Waals surface area contributed by atoms with E-state index in [9.17, 15) is 0 Å². The molecule has 3 aromatic carbocycles. The zero-order chi connectivity index (χ0) is 17.5. The molecule has 0 saturated carbocycles. The predicted octanol–water partition coefficient (Wildman–Crippen LogP) is 5.62. The van der Waals surface area contributed by atoms with Crippen LogP contribution in [0.25, 0.3) is 10.9 Å². The summed E-state index contributed by atoms with van der Waals surface area (Å²) in [6.07, 6.45) is 2.09. The third kappa shape index (κ3) is 2.57. The fraction of sp³-hybridized carbons (Fsp3) is 0.0909. The Labute approximate surface area is 157 Å². The number of hydrogen-bond donors (Lipinski definition) is 3. The van der Waals surface area contributed by atoms with Crippen molar-refractivity contribution in [2.75, 3.05) is 5.32 Å². The fourth-order valence-corrected chi connectivity index (χ4v) is 3.96. The standard InChI is InChI=1S/C22H18ClN3/c23-15-10-11-20-17(12-15)21(14-6-2-1-3-7-14)26-22(25-20)18-13-24-19-9-5-4-8-16(18)19/h1-13,21-22,24-26H/t21-,22+/m0/s1. The Balaban J connectivity index is 1.63. The van der Waals surface area contributed by atoms with Gasteiger partial charge >= 0.3 is 0 Å². The number of halogens is 1. The molecule has 2 heterocycles. The van der Waals surface area contributed by atoms with Crippen molar-refractivity contribution in [2.24, 2.45) is 0 Å². The minimum absolute atomic E-state index is 0.00466. The van der Waals surface area contributed by atoms with Gasteiger partial charge in [-0.25, -0.2) is 0 Å². The maximum absolute atomic E-state index is 6.28. The van der Waals surface area contributed by atoms with Gasteiger partial charge in [0.15, 0.2) is 0 Å². The molecule has 4 aromatic rings. The number of hydrogen-bond acceptors (Lipinski definition) is 2. The molecule has 1 aliphatic rings. The highest BCUT2D eigenvalue weighted by Crippen LogP contribution is 2.39. The smallest absolute Gasteiger partial charge is 0.106 e. The molecular formula is C22H18ClN3. The van der Waals surface area contributed by atoms with Crippen LogP contribution in [0, 0.1) is 0 Å². The zero-order valence-electron chi connectivity index (χ0n) is 14.0. The number of fused-ring (bicyclic) bond motifs is 2. The van der Waals surface area contributed by atoms with E-state index in [1.807, 2.05) is 18.2 Å². The lowest BCUT2D eigenvalue weighted by Gasteiger charge is -2.35. The van der Waals surface area contributed by atoms with E-state index in [1.165, 1.54) is 22.1 Å². The molecule has 0 unspecified atom stereocenters. The van der Waals surface area contributed by atoms with E-state index < -0.39 is 0 Å². The van der Waals surface area contributed by atoms with E-state index in [2.05, 4.69) is 76.4 Å². The Morgan fingerprint density at radius 1 is 0.808 bits per heavy atom. The van der Waals surface area contributed by atoms with Crippen LogP contribution in [0.1, 0.15) is 28.9 Å². The normalized spacial score (nSPS) is 19.1. The van der Waals surface area contributed by atoms with E-state index in [0.29, 0.717) is 0 Å². The second-order valence-corrected chi connectivity index (χ2v) is 7.05. The number of rotatable bonds is 2. The molecule has 3 N–H and O–H groups in total. The summed E-state index contributed by atoms with van der Waals surface area (Å²) < 4.78 is 0. The summed E-state index contributed by atoms with van der Waals surface area (Å²) in [4.78, 5) is 3.37. The van der Waals surface area contributed by atoms with Crippen LogP contribution in [0.4, 0.5) is 5.69 Å². The van der Waals surface area contributed by atoms with Gasteiger partial charge in [0.25, 0.3) is 0 Å². The van der Waals surface area contributed by atoms with E-state index in [4.69, 9.17) is 11.6 Å². The molecule has 0 saturated heterocycles. The van der Waals surface area contributed by atoms with Gasteiger partial charge in [-0.1, -0.05) is 60.1 Å². The molecule has 128 valence electrons. The van der Waals surface area contributed by atoms with Crippen molar-refractivity contribution < 1.29 is 0 Å². The summed E-state index contributed by atoms with van der Waals surface area (Å²) in [5.41, 5.74) is 5.85. The molecule has 5 rings (SSSR count). The molecular weight excluding hydrogens is 342 g/mol. The molecule has 1 aromatic heterocycles. The Morgan fingerprint density at radius 2 is 1.62 bits per heavy atom. The van der Waals surface area contributed by atoms with Gasteiger partial charge in [0.1, 0.15) is 6.17 Å². The molecule has 0 fully saturated rings. The highest BCUT2D eigenvalue weighted by Gasteiger charge is 2.29. The number of H-pyrrole nitrogens is 1. The van der Waals surface area contributed by atoms with Crippen molar-refractivity contribution in [3.05, 3.63) is 101 Å². The van der Waals surface area contributed by atoms with E-state index >= 15 is 0 Å². The summed E-state index contributed by atoms with van der Waals surface area (Å²) in [5, 5.41) is 9.36. The van der Waals surface area contributed by atoms with Crippen LogP contribution < -0.4 is 10.6 Å². The molecule has 4 heteroatoms. The van der Waals surface area contributed by atoms with Gasteiger partial charge in [-0.2, -0.15) is 0 Å². The average Bonchev–Trinajstić information content (AvgIpc) is 3.12. The number of anilines is 1. The van der Waals surface area contributed by atoms with Crippen molar-refractivity contribution in [3.63, 3.8) is 0 Å². The monoisotopic (exact) mass is 359 g/mol. The molecule has 0 amide bonds. The van der Waals surface area contributed by atoms with Gasteiger partial charge in [-0.05, 0) is 35.4 Å². The molecule has 26 heavy (non-hydrogen) atoms. The summed E-state index contributed by atoms with van der Waals surface area (Å²) in [6, 6.07) is 25.0. The van der Waals surface area contributed by atoms with Gasteiger partial charge in [-0.15, -0.1) is 0 Å². The quantitative estimate of drug-likeness (QED) is 0.434. The molecule has 2 atom stereocenters. The lowest BCUT2D eigenvalue weighted by atomic mass is 9.93. The third-order valence-electron chi connectivity index (χ3n) is 5.02.